The molecule has 216 valence electrons. The van der Waals surface area contributed by atoms with Crippen LogP contribution in [0.15, 0.2) is 48.7 Å². The predicted molar refractivity (Wildman–Crippen MR) is 148 cm³/mol. The van der Waals surface area contributed by atoms with E-state index in [1.54, 1.807) is 49.3 Å². The molecule has 11 nitrogen and oxygen atoms in total. The lowest BCUT2D eigenvalue weighted by Gasteiger charge is -2.35. The Bertz CT molecular complexity index is 1710. The summed E-state index contributed by atoms with van der Waals surface area (Å²) in [4.78, 5) is 14.9. The maximum absolute atomic E-state index is 12.7. The Balaban J connectivity index is 1.54. The highest BCUT2D eigenvalue weighted by Gasteiger charge is 2.31. The SMILES string of the molecule is CCOc1ncc2c(n1)N(c1ccc(OC(F)F)cc1)C(O)C(c1ccc3nc(CCCS(=O)(=O)O)n(C)c3c1)=C2. The van der Waals surface area contributed by atoms with Crippen molar-refractivity contribution in [3.05, 3.63) is 65.6 Å². The third-order valence-electron chi connectivity index (χ3n) is 6.56. The number of aliphatic hydroxyl groups is 1. The number of rotatable bonds is 10. The molecule has 2 aromatic carbocycles. The average Bonchev–Trinajstić information content (AvgIpc) is 3.23. The normalized spacial score (nSPS) is 15.2. The number of ether oxygens (including phenoxy) is 2. The molecule has 1 unspecified atom stereocenters. The molecule has 14 heteroatoms. The van der Waals surface area contributed by atoms with Gasteiger partial charge >= 0.3 is 12.6 Å². The number of aliphatic hydroxyl groups excluding tert-OH is 1. The van der Waals surface area contributed by atoms with Gasteiger partial charge in [-0.1, -0.05) is 6.07 Å². The molecule has 0 radical (unpaired) electrons. The standard InChI is InChI=1S/C27H27F2N5O6S/c1-3-39-27-30-15-17-13-20(25(35)34(24(17)32-27)18-7-9-19(10-8-18)40-26(28)29)16-6-11-21-22(14-16)33(2)23(31-21)5-4-12-41(36,37)38/h6-11,13-15,25-26,35H,3-5,12H2,1-2H3,(H,36,37,38). The second kappa shape index (κ2) is 11.4. The van der Waals surface area contributed by atoms with Gasteiger partial charge in [0, 0.05) is 36.5 Å². The molecular formula is C27H27F2N5O6S. The first-order valence-electron chi connectivity index (χ1n) is 12.7. The number of aromatic nitrogens is 4. The van der Waals surface area contributed by atoms with E-state index in [1.165, 1.54) is 12.1 Å². The lowest BCUT2D eigenvalue weighted by molar-refractivity contribution is -0.0498. The van der Waals surface area contributed by atoms with Crippen molar-refractivity contribution < 1.29 is 36.3 Å². The van der Waals surface area contributed by atoms with Crippen LogP contribution in [0.1, 0.15) is 30.3 Å². The minimum atomic E-state index is -4.07. The van der Waals surface area contributed by atoms with Gasteiger partial charge in [-0.3, -0.25) is 9.45 Å². The van der Waals surface area contributed by atoms with Crippen molar-refractivity contribution in [2.45, 2.75) is 32.6 Å². The topological polar surface area (TPSA) is 140 Å². The molecular weight excluding hydrogens is 560 g/mol. The lowest BCUT2D eigenvalue weighted by atomic mass is 9.97. The third-order valence-corrected chi connectivity index (χ3v) is 7.36. The quantitative estimate of drug-likeness (QED) is 0.260. The number of halogens is 2. The summed E-state index contributed by atoms with van der Waals surface area (Å²) in [6, 6.07) is 11.4. The van der Waals surface area contributed by atoms with E-state index in [1.807, 2.05) is 16.7 Å². The van der Waals surface area contributed by atoms with Crippen LogP contribution in [0.3, 0.4) is 0 Å². The van der Waals surface area contributed by atoms with Gasteiger partial charge in [-0.2, -0.15) is 22.2 Å². The monoisotopic (exact) mass is 587 g/mol. The van der Waals surface area contributed by atoms with Crippen LogP contribution in [0.5, 0.6) is 11.8 Å². The van der Waals surface area contributed by atoms with Gasteiger partial charge in [-0.25, -0.2) is 9.97 Å². The summed E-state index contributed by atoms with van der Waals surface area (Å²) >= 11 is 0. The highest BCUT2D eigenvalue weighted by Crippen LogP contribution is 2.41. The molecule has 0 spiro atoms. The average molecular weight is 588 g/mol. The zero-order valence-corrected chi connectivity index (χ0v) is 22.9. The van der Waals surface area contributed by atoms with Gasteiger partial charge in [0.15, 0.2) is 6.23 Å². The van der Waals surface area contributed by atoms with Crippen molar-refractivity contribution in [2.24, 2.45) is 7.05 Å². The molecule has 0 saturated carbocycles. The van der Waals surface area contributed by atoms with Gasteiger partial charge in [-0.15, -0.1) is 0 Å². The number of alkyl halides is 2. The number of benzene rings is 2. The van der Waals surface area contributed by atoms with Gasteiger partial charge < -0.3 is 19.1 Å². The number of anilines is 2. The molecule has 5 rings (SSSR count). The molecule has 0 saturated heterocycles. The fourth-order valence-electron chi connectivity index (χ4n) is 4.70. The smallest absolute Gasteiger partial charge is 0.387 e. The summed E-state index contributed by atoms with van der Waals surface area (Å²) in [7, 11) is -2.26. The molecule has 1 aliphatic heterocycles. The first-order valence-corrected chi connectivity index (χ1v) is 14.3. The van der Waals surface area contributed by atoms with Gasteiger partial charge in [0.1, 0.15) is 17.4 Å². The summed E-state index contributed by atoms with van der Waals surface area (Å²) in [5.41, 5.74) is 3.70. The number of imidazole rings is 1. The van der Waals surface area contributed by atoms with E-state index in [-0.39, 0.29) is 23.9 Å². The van der Waals surface area contributed by atoms with E-state index in [0.29, 0.717) is 52.6 Å². The third kappa shape index (κ3) is 6.14. The Labute approximate surface area is 234 Å². The second-order valence-corrected chi connectivity index (χ2v) is 10.8. The number of aryl methyl sites for hydroxylation is 2. The number of nitrogens with zero attached hydrogens (tertiary/aromatic N) is 5. The Morgan fingerprint density at radius 2 is 1.88 bits per heavy atom. The van der Waals surface area contributed by atoms with Gasteiger partial charge in [0.25, 0.3) is 10.1 Å². The van der Waals surface area contributed by atoms with E-state index in [4.69, 9.17) is 9.29 Å². The number of fused-ring (bicyclic) bond motifs is 2. The van der Waals surface area contributed by atoms with Gasteiger partial charge in [0.05, 0.1) is 23.4 Å². The fraction of sp³-hybridized carbons (Fsp3) is 0.296. The van der Waals surface area contributed by atoms with Crippen molar-refractivity contribution in [3.8, 4) is 11.8 Å². The molecule has 41 heavy (non-hydrogen) atoms. The van der Waals surface area contributed by atoms with Gasteiger partial charge in [-0.05, 0) is 61.4 Å². The zero-order valence-electron chi connectivity index (χ0n) is 22.1. The molecule has 0 fully saturated rings. The van der Waals surface area contributed by atoms with Crippen LogP contribution in [0.4, 0.5) is 20.3 Å². The first-order chi connectivity index (χ1) is 19.5. The number of hydrogen-bond acceptors (Lipinski definition) is 9. The summed E-state index contributed by atoms with van der Waals surface area (Å²) < 4.78 is 68.4. The summed E-state index contributed by atoms with van der Waals surface area (Å²) in [5.74, 6) is 0.620. The summed E-state index contributed by atoms with van der Waals surface area (Å²) in [6.45, 7) is -0.836. The molecule has 2 N–H and O–H groups in total. The molecule has 3 heterocycles. The molecule has 1 atom stereocenters. The number of hydrogen-bond donors (Lipinski definition) is 2. The molecule has 1 aliphatic rings. The molecule has 2 aromatic heterocycles. The zero-order chi connectivity index (χ0) is 29.3. The van der Waals surface area contributed by atoms with E-state index >= 15 is 0 Å². The summed E-state index contributed by atoms with van der Waals surface area (Å²) in [6.07, 6.45) is 2.68. The van der Waals surface area contributed by atoms with Crippen molar-refractivity contribution in [2.75, 3.05) is 17.3 Å². The van der Waals surface area contributed by atoms with E-state index < -0.39 is 23.0 Å². The molecule has 0 amide bonds. The van der Waals surface area contributed by atoms with Crippen LogP contribution in [0.2, 0.25) is 0 Å². The minimum Gasteiger partial charge on any atom is -0.464 e. The maximum Gasteiger partial charge on any atom is 0.387 e. The second-order valence-electron chi connectivity index (χ2n) is 9.26. The first kappa shape index (κ1) is 28.4. The molecule has 0 aliphatic carbocycles. The molecule has 4 aromatic rings. The Hall–Kier alpha value is -4.14. The maximum atomic E-state index is 12.7. The summed E-state index contributed by atoms with van der Waals surface area (Å²) in [5, 5.41) is 11.7. The Kier molecular flexibility index (Phi) is 7.89. The van der Waals surface area contributed by atoms with Crippen LogP contribution in [-0.4, -0.2) is 62.8 Å². The van der Waals surface area contributed by atoms with Crippen molar-refractivity contribution in [1.82, 2.24) is 19.5 Å². The van der Waals surface area contributed by atoms with Crippen LogP contribution < -0.4 is 14.4 Å². The molecule has 0 bridgehead atoms. The Morgan fingerprint density at radius 1 is 1.12 bits per heavy atom. The van der Waals surface area contributed by atoms with E-state index in [9.17, 15) is 22.3 Å². The van der Waals surface area contributed by atoms with Crippen molar-refractivity contribution in [1.29, 1.82) is 0 Å². The van der Waals surface area contributed by atoms with Gasteiger partial charge in [0.2, 0.25) is 0 Å². The largest absolute Gasteiger partial charge is 0.464 e. The van der Waals surface area contributed by atoms with E-state index in [2.05, 4.69) is 19.7 Å². The highest BCUT2D eigenvalue weighted by molar-refractivity contribution is 7.85. The van der Waals surface area contributed by atoms with Crippen LogP contribution in [0, 0.1) is 0 Å². The minimum absolute atomic E-state index is 0.0296. The highest BCUT2D eigenvalue weighted by atomic mass is 32.2. The Morgan fingerprint density at radius 3 is 2.56 bits per heavy atom. The van der Waals surface area contributed by atoms with Crippen LogP contribution in [-0.2, 0) is 23.6 Å². The van der Waals surface area contributed by atoms with Crippen molar-refractivity contribution in [3.63, 3.8) is 0 Å². The van der Waals surface area contributed by atoms with Crippen molar-refractivity contribution >= 4 is 44.3 Å². The van der Waals surface area contributed by atoms with E-state index in [0.717, 1.165) is 5.52 Å². The fourth-order valence-corrected chi connectivity index (χ4v) is 5.21. The predicted octanol–water partition coefficient (Wildman–Crippen LogP) is 4.19. The lowest BCUT2D eigenvalue weighted by Crippen LogP contribution is -2.35. The van der Waals surface area contributed by atoms with Crippen LogP contribution >= 0.6 is 0 Å². The van der Waals surface area contributed by atoms with Crippen LogP contribution in [0.25, 0.3) is 22.7 Å².